The van der Waals surface area contributed by atoms with Gasteiger partial charge in [0.1, 0.15) is 5.78 Å². The number of aliphatic hydroxyl groups is 2. The zero-order valence-electron chi connectivity index (χ0n) is 15.7. The standard InChI is InChI=1S/C20H36O5/c1-2-3-6-9-15(21)12-13-17-16(18(22)14-19(17)23)10-7-4-5-8-11-20(24)25/h15-18,21-22H,2-14H2,1H3,(H,24,25)/t15-,16+,17+,18-/m0/s1. The van der Waals surface area contributed by atoms with Crippen LogP contribution in [0.15, 0.2) is 0 Å². The quantitative estimate of drug-likeness (QED) is 0.413. The molecule has 25 heavy (non-hydrogen) atoms. The molecule has 0 heterocycles. The van der Waals surface area contributed by atoms with Gasteiger partial charge in [0.25, 0.3) is 0 Å². The predicted octanol–water partition coefficient (Wildman–Crippen LogP) is 3.70. The van der Waals surface area contributed by atoms with E-state index in [0.717, 1.165) is 51.4 Å². The van der Waals surface area contributed by atoms with Crippen molar-refractivity contribution in [2.24, 2.45) is 11.8 Å². The Morgan fingerprint density at radius 2 is 1.80 bits per heavy atom. The molecule has 1 fully saturated rings. The Morgan fingerprint density at radius 1 is 1.08 bits per heavy atom. The number of unbranched alkanes of at least 4 members (excludes halogenated alkanes) is 5. The van der Waals surface area contributed by atoms with Crippen LogP contribution < -0.4 is 0 Å². The Kier molecular flexibility index (Phi) is 11.0. The molecule has 4 atom stereocenters. The Labute approximate surface area is 151 Å². The molecule has 0 aromatic heterocycles. The van der Waals surface area contributed by atoms with E-state index in [1.165, 1.54) is 0 Å². The Hall–Kier alpha value is -0.940. The van der Waals surface area contributed by atoms with Crippen molar-refractivity contribution in [1.29, 1.82) is 0 Å². The van der Waals surface area contributed by atoms with E-state index >= 15 is 0 Å². The van der Waals surface area contributed by atoms with E-state index in [9.17, 15) is 19.8 Å². The first-order valence-corrected chi connectivity index (χ1v) is 10.1. The van der Waals surface area contributed by atoms with E-state index in [0.29, 0.717) is 19.3 Å². The maximum absolute atomic E-state index is 12.2. The fraction of sp³-hybridized carbons (Fsp3) is 0.900. The average Bonchev–Trinajstić information content (AvgIpc) is 2.82. The van der Waals surface area contributed by atoms with Gasteiger partial charge >= 0.3 is 5.97 Å². The fourth-order valence-electron chi connectivity index (χ4n) is 3.94. The Bertz CT molecular complexity index is 396. The molecule has 0 unspecified atom stereocenters. The van der Waals surface area contributed by atoms with Crippen LogP contribution in [0, 0.1) is 11.8 Å². The Balaban J connectivity index is 2.30. The summed E-state index contributed by atoms with van der Waals surface area (Å²) in [6.45, 7) is 2.14. The molecule has 0 aromatic carbocycles. The molecule has 5 heteroatoms. The summed E-state index contributed by atoms with van der Waals surface area (Å²) in [7, 11) is 0. The van der Waals surface area contributed by atoms with Gasteiger partial charge in [-0.05, 0) is 38.0 Å². The van der Waals surface area contributed by atoms with Crippen LogP contribution in [0.4, 0.5) is 0 Å². The monoisotopic (exact) mass is 356 g/mol. The number of hydrogen-bond donors (Lipinski definition) is 3. The van der Waals surface area contributed by atoms with Crippen LogP contribution in [0.1, 0.15) is 90.4 Å². The van der Waals surface area contributed by atoms with E-state index in [4.69, 9.17) is 5.11 Å². The lowest BCUT2D eigenvalue weighted by molar-refractivity contribution is -0.137. The third-order valence-corrected chi connectivity index (χ3v) is 5.46. The molecular weight excluding hydrogens is 320 g/mol. The molecule has 1 aliphatic carbocycles. The smallest absolute Gasteiger partial charge is 0.303 e. The zero-order chi connectivity index (χ0) is 18.7. The highest BCUT2D eigenvalue weighted by atomic mass is 16.4. The summed E-state index contributed by atoms with van der Waals surface area (Å²) in [6.07, 6.45) is 9.22. The normalized spacial score (nSPS) is 24.6. The van der Waals surface area contributed by atoms with Crippen LogP contribution in [0.2, 0.25) is 0 Å². The van der Waals surface area contributed by atoms with Gasteiger partial charge in [0, 0.05) is 18.8 Å². The lowest BCUT2D eigenvalue weighted by Gasteiger charge is -2.22. The van der Waals surface area contributed by atoms with Crippen molar-refractivity contribution in [3.05, 3.63) is 0 Å². The number of hydrogen-bond acceptors (Lipinski definition) is 4. The minimum absolute atomic E-state index is 0.00909. The van der Waals surface area contributed by atoms with Crippen LogP contribution in [-0.4, -0.2) is 39.3 Å². The summed E-state index contributed by atoms with van der Waals surface area (Å²) in [4.78, 5) is 22.7. The third-order valence-electron chi connectivity index (χ3n) is 5.46. The molecule has 0 bridgehead atoms. The number of carboxylic acid groups (broad SMARTS) is 1. The van der Waals surface area contributed by atoms with Crippen LogP contribution in [-0.2, 0) is 9.59 Å². The van der Waals surface area contributed by atoms with Gasteiger partial charge in [-0.3, -0.25) is 9.59 Å². The highest BCUT2D eigenvalue weighted by Gasteiger charge is 2.40. The van der Waals surface area contributed by atoms with Crippen molar-refractivity contribution in [2.45, 2.75) is 103 Å². The van der Waals surface area contributed by atoms with Crippen molar-refractivity contribution < 1.29 is 24.9 Å². The van der Waals surface area contributed by atoms with Gasteiger partial charge in [0.05, 0.1) is 12.2 Å². The lowest BCUT2D eigenvalue weighted by atomic mass is 9.85. The van der Waals surface area contributed by atoms with Crippen molar-refractivity contribution >= 4 is 11.8 Å². The number of rotatable bonds is 14. The van der Waals surface area contributed by atoms with Crippen molar-refractivity contribution in [3.8, 4) is 0 Å². The maximum atomic E-state index is 12.2. The Morgan fingerprint density at radius 3 is 2.48 bits per heavy atom. The van der Waals surface area contributed by atoms with Gasteiger partial charge in [-0.1, -0.05) is 45.4 Å². The highest BCUT2D eigenvalue weighted by molar-refractivity contribution is 5.84. The molecule has 0 aromatic rings. The highest BCUT2D eigenvalue weighted by Crippen LogP contribution is 2.36. The number of aliphatic carboxylic acids is 1. The van der Waals surface area contributed by atoms with E-state index in [1.54, 1.807) is 0 Å². The zero-order valence-corrected chi connectivity index (χ0v) is 15.7. The summed E-state index contributed by atoms with van der Waals surface area (Å²) in [5, 5.41) is 28.9. The molecule has 5 nitrogen and oxygen atoms in total. The minimum atomic E-state index is -0.755. The summed E-state index contributed by atoms with van der Waals surface area (Å²) in [6, 6.07) is 0. The van der Waals surface area contributed by atoms with Gasteiger partial charge < -0.3 is 15.3 Å². The molecule has 0 amide bonds. The van der Waals surface area contributed by atoms with E-state index in [-0.39, 0.29) is 36.6 Å². The predicted molar refractivity (Wildman–Crippen MR) is 97.3 cm³/mol. The first-order chi connectivity index (χ1) is 12.0. The molecule has 0 aliphatic heterocycles. The second kappa shape index (κ2) is 12.4. The van der Waals surface area contributed by atoms with Gasteiger partial charge in [-0.15, -0.1) is 0 Å². The number of aliphatic hydroxyl groups excluding tert-OH is 2. The van der Waals surface area contributed by atoms with Crippen molar-refractivity contribution in [2.75, 3.05) is 0 Å². The van der Waals surface area contributed by atoms with Crippen LogP contribution >= 0.6 is 0 Å². The SMILES string of the molecule is CCCCC[C@H](O)CC[C@H]1C(=O)C[C@H](O)[C@@H]1CCCCCCC(=O)O. The number of carbonyl (C=O) groups is 2. The van der Waals surface area contributed by atoms with Gasteiger partial charge in [0.15, 0.2) is 0 Å². The topological polar surface area (TPSA) is 94.8 Å². The molecule has 1 rings (SSSR count). The van der Waals surface area contributed by atoms with Crippen LogP contribution in [0.25, 0.3) is 0 Å². The van der Waals surface area contributed by atoms with Gasteiger partial charge in [-0.2, -0.15) is 0 Å². The van der Waals surface area contributed by atoms with Crippen molar-refractivity contribution in [1.82, 2.24) is 0 Å². The summed E-state index contributed by atoms with van der Waals surface area (Å²) >= 11 is 0. The van der Waals surface area contributed by atoms with Crippen LogP contribution in [0.3, 0.4) is 0 Å². The van der Waals surface area contributed by atoms with Crippen LogP contribution in [0.5, 0.6) is 0 Å². The molecule has 0 radical (unpaired) electrons. The fourth-order valence-corrected chi connectivity index (χ4v) is 3.94. The maximum Gasteiger partial charge on any atom is 0.303 e. The summed E-state index contributed by atoms with van der Waals surface area (Å²) in [5.41, 5.74) is 0. The number of ketones is 1. The summed E-state index contributed by atoms with van der Waals surface area (Å²) < 4.78 is 0. The van der Waals surface area contributed by atoms with Gasteiger partial charge in [0.2, 0.25) is 0 Å². The number of Topliss-reactive ketones (excluding diaryl/α,β-unsaturated/α-hetero) is 1. The molecule has 0 spiro atoms. The lowest BCUT2D eigenvalue weighted by Crippen LogP contribution is -2.22. The largest absolute Gasteiger partial charge is 0.481 e. The average molecular weight is 357 g/mol. The van der Waals surface area contributed by atoms with E-state index < -0.39 is 12.1 Å². The first-order valence-electron chi connectivity index (χ1n) is 10.1. The first kappa shape index (κ1) is 22.1. The molecule has 1 saturated carbocycles. The van der Waals surface area contributed by atoms with Crippen molar-refractivity contribution in [3.63, 3.8) is 0 Å². The molecule has 1 aliphatic rings. The minimum Gasteiger partial charge on any atom is -0.481 e. The van der Waals surface area contributed by atoms with Gasteiger partial charge in [-0.25, -0.2) is 0 Å². The number of carbonyl (C=O) groups excluding carboxylic acids is 1. The molecule has 0 saturated heterocycles. The molecule has 3 N–H and O–H groups in total. The molecule has 146 valence electrons. The second-order valence-corrected chi connectivity index (χ2v) is 7.58. The molecular formula is C20H36O5. The summed E-state index contributed by atoms with van der Waals surface area (Å²) in [5.74, 6) is -0.719. The van der Waals surface area contributed by atoms with E-state index in [1.807, 2.05) is 0 Å². The number of carboxylic acids is 1. The second-order valence-electron chi connectivity index (χ2n) is 7.58. The third kappa shape index (κ3) is 8.82. The van der Waals surface area contributed by atoms with E-state index in [2.05, 4.69) is 6.92 Å².